The minimum atomic E-state index is -0.208. The highest BCUT2D eigenvalue weighted by atomic mass is 16.3. The van der Waals surface area contributed by atoms with Gasteiger partial charge in [0.1, 0.15) is 4.87 Å². The van der Waals surface area contributed by atoms with Crippen molar-refractivity contribution in [2.24, 2.45) is 0 Å². The van der Waals surface area contributed by atoms with Crippen LogP contribution in [0.3, 0.4) is 0 Å². The van der Waals surface area contributed by atoms with Gasteiger partial charge in [-0.3, -0.25) is 4.79 Å². The summed E-state index contributed by atoms with van der Waals surface area (Å²) in [4.78, 5) is 21.1. The lowest BCUT2D eigenvalue weighted by Gasteiger charge is -1.95. The average molecular weight is 116 g/mol. The second kappa shape index (κ2) is 1.43. The van der Waals surface area contributed by atoms with Crippen molar-refractivity contribution in [2.45, 2.75) is 0 Å². The number of likely N-dealkylation sites (N-methyl/N-ethyl adjacent to an activating group) is 1. The minimum Gasteiger partial charge on any atom is -0.265 e. The first-order valence-electron chi connectivity index (χ1n) is 2.17. The lowest BCUT2D eigenvalue weighted by Crippen LogP contribution is -2.31. The number of rotatable bonds is 0. The highest BCUT2D eigenvalue weighted by Crippen LogP contribution is 1.87. The number of hydrazine groups is 2. The lowest BCUT2D eigenvalue weighted by atomic mass is 10.6. The molecule has 1 N–H and O–H groups in total. The molecule has 0 aromatic heterocycles. The van der Waals surface area contributed by atoms with Gasteiger partial charge in [0.2, 0.25) is 0 Å². The van der Waals surface area contributed by atoms with Crippen molar-refractivity contribution in [3.8, 4) is 0 Å². The fraction of sp³-hybridized carbons (Fsp3) is 0.667. The van der Waals surface area contributed by atoms with Gasteiger partial charge in [0.25, 0.3) is 0 Å². The van der Waals surface area contributed by atoms with Crippen LogP contribution in [-0.4, -0.2) is 29.4 Å². The van der Waals surface area contributed by atoms with Gasteiger partial charge in [-0.1, -0.05) is 5.53 Å². The van der Waals surface area contributed by atoms with Crippen molar-refractivity contribution in [1.29, 1.82) is 0 Å². The molecule has 1 aliphatic rings. The molecule has 0 spiro atoms. The number of hydrogen-bond acceptors (Lipinski definition) is 2. The van der Waals surface area contributed by atoms with Crippen LogP contribution in [-0.2, 0) is 4.79 Å². The number of nitrogens with one attached hydrogen (secondary N) is 1. The monoisotopic (exact) mass is 116 g/mol. The summed E-state index contributed by atoms with van der Waals surface area (Å²) in [5, 5.41) is 1.15. The van der Waals surface area contributed by atoms with Crippen molar-refractivity contribution in [1.82, 2.24) is 10.5 Å². The van der Waals surface area contributed by atoms with Gasteiger partial charge < -0.3 is 0 Å². The molecule has 0 radical (unpaired) electrons. The third kappa shape index (κ3) is 0.617. The molecule has 5 nitrogen and oxygen atoms in total. The van der Waals surface area contributed by atoms with E-state index in [0.717, 1.165) is 5.01 Å². The number of nitroso groups, excluding NO2 is 1. The Morgan fingerprint density at radius 2 is 2.50 bits per heavy atom. The SMILES string of the molecule is CN1N[N+](=O)CC1=O. The highest BCUT2D eigenvalue weighted by molar-refractivity contribution is 5.77. The Balaban J connectivity index is 2.64. The Labute approximate surface area is 45.8 Å². The Bertz CT molecular complexity index is 143. The summed E-state index contributed by atoms with van der Waals surface area (Å²) in [6.07, 6.45) is 0. The Kier molecular flexibility index (Phi) is 0.896. The molecule has 0 bridgehead atoms. The molecule has 1 aliphatic heterocycles. The van der Waals surface area contributed by atoms with E-state index in [1.165, 1.54) is 7.05 Å². The highest BCUT2D eigenvalue weighted by Gasteiger charge is 2.30. The second-order valence-corrected chi connectivity index (χ2v) is 1.59. The van der Waals surface area contributed by atoms with E-state index in [4.69, 9.17) is 0 Å². The zero-order valence-electron chi connectivity index (χ0n) is 4.42. The molecule has 0 aromatic carbocycles. The number of carbonyl (C=O) groups is 1. The molecule has 1 fully saturated rings. The van der Waals surface area contributed by atoms with E-state index in [1.54, 1.807) is 0 Å². The molecular weight excluding hydrogens is 110 g/mol. The zero-order chi connectivity index (χ0) is 6.15. The normalized spacial score (nSPS) is 19.4. The van der Waals surface area contributed by atoms with Crippen LogP contribution in [0.4, 0.5) is 0 Å². The van der Waals surface area contributed by atoms with Crippen molar-refractivity contribution in [3.63, 3.8) is 0 Å². The fourth-order valence-corrected chi connectivity index (χ4v) is 0.487. The predicted molar refractivity (Wildman–Crippen MR) is 24.4 cm³/mol. The van der Waals surface area contributed by atoms with E-state index in [2.05, 4.69) is 5.53 Å². The van der Waals surface area contributed by atoms with Crippen molar-refractivity contribution in [2.75, 3.05) is 13.6 Å². The molecule has 1 saturated heterocycles. The summed E-state index contributed by atoms with van der Waals surface area (Å²) >= 11 is 0. The van der Waals surface area contributed by atoms with Crippen molar-refractivity contribution in [3.05, 3.63) is 4.91 Å². The maximum atomic E-state index is 10.4. The van der Waals surface area contributed by atoms with Crippen molar-refractivity contribution < 1.29 is 9.66 Å². The van der Waals surface area contributed by atoms with Crippen LogP contribution in [0.25, 0.3) is 0 Å². The summed E-state index contributed by atoms with van der Waals surface area (Å²) in [6, 6.07) is 0. The standard InChI is InChI=1S/C3H6N3O2/c1-5-3(7)2-6(8)4-5/h2H2,1H3,(H,4,8)/q+1. The van der Waals surface area contributed by atoms with Crippen LogP contribution in [0.1, 0.15) is 0 Å². The van der Waals surface area contributed by atoms with Gasteiger partial charge in [-0.05, 0) is 0 Å². The van der Waals surface area contributed by atoms with Crippen LogP contribution in [0.15, 0.2) is 0 Å². The smallest absolute Gasteiger partial charge is 0.265 e. The van der Waals surface area contributed by atoms with Gasteiger partial charge in [0.05, 0.1) is 4.91 Å². The van der Waals surface area contributed by atoms with Gasteiger partial charge in [-0.25, -0.2) is 5.01 Å². The Hall–Kier alpha value is -1.13. The Morgan fingerprint density at radius 3 is 2.62 bits per heavy atom. The van der Waals surface area contributed by atoms with E-state index >= 15 is 0 Å². The first kappa shape index (κ1) is 5.02. The number of amides is 1. The van der Waals surface area contributed by atoms with Crippen LogP contribution < -0.4 is 5.53 Å². The number of nitrogens with zero attached hydrogens (tertiary/aromatic N) is 2. The number of carbonyl (C=O) groups excluding carboxylic acids is 1. The van der Waals surface area contributed by atoms with Crippen LogP contribution in [0, 0.1) is 4.91 Å². The first-order valence-corrected chi connectivity index (χ1v) is 2.17. The maximum Gasteiger partial charge on any atom is 0.318 e. The summed E-state index contributed by atoms with van der Waals surface area (Å²) in [5.41, 5.74) is 2.23. The molecule has 44 valence electrons. The van der Waals surface area contributed by atoms with Gasteiger partial charge in [0.15, 0.2) is 0 Å². The van der Waals surface area contributed by atoms with E-state index in [-0.39, 0.29) is 12.5 Å². The molecule has 0 saturated carbocycles. The fourth-order valence-electron chi connectivity index (χ4n) is 0.487. The van der Waals surface area contributed by atoms with Crippen molar-refractivity contribution >= 4 is 5.91 Å². The molecule has 0 unspecified atom stereocenters. The summed E-state index contributed by atoms with van der Waals surface area (Å²) in [7, 11) is 1.50. The van der Waals surface area contributed by atoms with Crippen LogP contribution in [0.5, 0.6) is 0 Å². The topological polar surface area (TPSA) is 52.4 Å². The van der Waals surface area contributed by atoms with E-state index < -0.39 is 0 Å². The van der Waals surface area contributed by atoms with E-state index in [1.807, 2.05) is 0 Å². The van der Waals surface area contributed by atoms with Crippen LogP contribution >= 0.6 is 0 Å². The number of hydrogen-bond donors (Lipinski definition) is 1. The second-order valence-electron chi connectivity index (χ2n) is 1.59. The lowest BCUT2D eigenvalue weighted by molar-refractivity contribution is -0.599. The third-order valence-electron chi connectivity index (χ3n) is 0.915. The molecule has 1 heterocycles. The quantitative estimate of drug-likeness (QED) is 0.398. The summed E-state index contributed by atoms with van der Waals surface area (Å²) in [6.45, 7) is -0.0868. The zero-order valence-corrected chi connectivity index (χ0v) is 4.42. The summed E-state index contributed by atoms with van der Waals surface area (Å²) < 4.78 is 0. The predicted octanol–water partition coefficient (Wildman–Crippen LogP) is -1.34. The molecule has 1 amide bonds. The molecule has 0 aliphatic carbocycles. The van der Waals surface area contributed by atoms with Gasteiger partial charge in [0, 0.05) is 7.05 Å². The molecule has 0 aromatic rings. The first-order chi connectivity index (χ1) is 3.70. The average Bonchev–Trinajstić information content (AvgIpc) is 1.85. The van der Waals surface area contributed by atoms with Crippen LogP contribution in [0.2, 0.25) is 0 Å². The van der Waals surface area contributed by atoms with Gasteiger partial charge >= 0.3 is 12.5 Å². The Morgan fingerprint density at radius 1 is 1.88 bits per heavy atom. The molecule has 8 heavy (non-hydrogen) atoms. The minimum absolute atomic E-state index is 0.0868. The molecular formula is C3H6N3O2+. The van der Waals surface area contributed by atoms with E-state index in [9.17, 15) is 9.70 Å². The molecule has 0 atom stereocenters. The largest absolute Gasteiger partial charge is 0.318 e. The molecule has 1 rings (SSSR count). The van der Waals surface area contributed by atoms with Gasteiger partial charge in [-0.2, -0.15) is 0 Å². The van der Waals surface area contributed by atoms with E-state index in [0.29, 0.717) is 4.87 Å². The molecule has 5 heteroatoms. The van der Waals surface area contributed by atoms with Gasteiger partial charge in [-0.15, -0.1) is 0 Å². The summed E-state index contributed by atoms with van der Waals surface area (Å²) in [5.74, 6) is -0.208. The third-order valence-corrected chi connectivity index (χ3v) is 0.915. The maximum absolute atomic E-state index is 10.4.